The molecule has 6 heteroatoms. The minimum Gasteiger partial charge on any atom is -0.399 e. The predicted molar refractivity (Wildman–Crippen MR) is 161 cm³/mol. The van der Waals surface area contributed by atoms with Gasteiger partial charge in [-0.15, -0.1) is 0 Å². The summed E-state index contributed by atoms with van der Waals surface area (Å²) in [7, 11) is -0.211. The van der Waals surface area contributed by atoms with E-state index < -0.39 is 20.4 Å². The number of ether oxygens (including phenoxy) is 1. The molecule has 0 aliphatic heterocycles. The van der Waals surface area contributed by atoms with Crippen molar-refractivity contribution in [2.45, 2.75) is 12.2 Å². The lowest BCUT2D eigenvalue weighted by atomic mass is 9.99. The molecule has 7 rings (SSSR count). The number of nitrogens with zero attached hydrogens (tertiary/aromatic N) is 1. The van der Waals surface area contributed by atoms with E-state index in [0.29, 0.717) is 11.2 Å². The van der Waals surface area contributed by atoms with Crippen LogP contribution in [0.1, 0.15) is 23.5 Å². The van der Waals surface area contributed by atoms with Gasteiger partial charge in [0.1, 0.15) is 23.4 Å². The number of benzene rings is 5. The molecule has 7 aromatic rings. The summed E-state index contributed by atoms with van der Waals surface area (Å²) in [6.07, 6.45) is 0.751. The summed E-state index contributed by atoms with van der Waals surface area (Å²) in [6, 6.07) is 40.7. The van der Waals surface area contributed by atoms with E-state index in [1.54, 1.807) is 13.3 Å². The average Bonchev–Trinajstić information content (AvgIpc) is 3.18. The number of methoxy groups -OCH3 is 1. The third-order valence-corrected chi connectivity index (χ3v) is 8.30. The van der Waals surface area contributed by atoms with Gasteiger partial charge in [-0.2, -0.15) is 0 Å². The lowest BCUT2D eigenvalue weighted by molar-refractivity contribution is 0.0148. The zero-order valence-corrected chi connectivity index (χ0v) is 22.7. The first-order valence-electron chi connectivity index (χ1n) is 13.2. The van der Waals surface area contributed by atoms with Gasteiger partial charge in [0.15, 0.2) is 0 Å². The van der Waals surface area contributed by atoms with Gasteiger partial charge in [-0.1, -0.05) is 97.1 Å². The normalized spacial score (nSPS) is 13.1. The Morgan fingerprint density at radius 2 is 1.18 bits per heavy atom. The summed E-state index contributed by atoms with van der Waals surface area (Å²) >= 11 is 0. The van der Waals surface area contributed by atoms with Crippen LogP contribution < -0.4 is 4.52 Å². The van der Waals surface area contributed by atoms with Gasteiger partial charge in [0.2, 0.25) is 0 Å². The highest BCUT2D eigenvalue weighted by Crippen LogP contribution is 2.44. The second-order valence-corrected chi connectivity index (χ2v) is 10.6. The highest BCUT2D eigenvalue weighted by Gasteiger charge is 2.29. The van der Waals surface area contributed by atoms with Crippen molar-refractivity contribution in [3.05, 3.63) is 139 Å². The van der Waals surface area contributed by atoms with Gasteiger partial charge in [-0.05, 0) is 51.4 Å². The van der Waals surface area contributed by atoms with Crippen molar-refractivity contribution in [2.75, 3.05) is 7.11 Å². The van der Waals surface area contributed by atoms with Crippen molar-refractivity contribution in [3.63, 3.8) is 0 Å². The maximum Gasteiger partial charge on any atom is 0.388 e. The van der Waals surface area contributed by atoms with Crippen molar-refractivity contribution < 1.29 is 17.7 Å². The molecule has 40 heavy (non-hydrogen) atoms. The Hall–Kier alpha value is -4.41. The van der Waals surface area contributed by atoms with Crippen molar-refractivity contribution in [3.8, 4) is 0 Å². The maximum atomic E-state index is 6.74. The molecule has 0 spiro atoms. The lowest BCUT2D eigenvalue weighted by Gasteiger charge is -2.24. The summed E-state index contributed by atoms with van der Waals surface area (Å²) in [4.78, 5) is 4.63. The Labute approximate surface area is 232 Å². The third-order valence-electron chi connectivity index (χ3n) is 7.21. The molecule has 0 aliphatic carbocycles. The van der Waals surface area contributed by atoms with Gasteiger partial charge in [-0.3, -0.25) is 9.51 Å². The van der Waals surface area contributed by atoms with E-state index in [4.69, 9.17) is 17.7 Å². The van der Waals surface area contributed by atoms with E-state index in [-0.39, 0.29) is 0 Å². The summed E-state index contributed by atoms with van der Waals surface area (Å²) in [6.45, 7) is 0. The summed E-state index contributed by atoms with van der Waals surface area (Å²) < 4.78 is 26.0. The molecule has 0 radical (unpaired) electrons. The highest BCUT2D eigenvalue weighted by atomic mass is 31.1. The van der Waals surface area contributed by atoms with Crippen LogP contribution in [0.15, 0.2) is 136 Å². The molecule has 0 aliphatic rings. The fraction of sp³-hybridized carbons (Fsp3) is 0.0882. The first-order valence-corrected chi connectivity index (χ1v) is 14.2. The zero-order valence-electron chi connectivity index (χ0n) is 21.8. The van der Waals surface area contributed by atoms with Gasteiger partial charge in [0, 0.05) is 24.1 Å². The lowest BCUT2D eigenvalue weighted by Crippen LogP contribution is -2.19. The molecule has 0 saturated carbocycles. The smallest absolute Gasteiger partial charge is 0.388 e. The van der Waals surface area contributed by atoms with Crippen LogP contribution in [0.5, 0.6) is 0 Å². The summed E-state index contributed by atoms with van der Waals surface area (Å²) in [5.74, 6) is 0. The molecule has 5 aromatic carbocycles. The number of hydrogen-bond acceptors (Lipinski definition) is 5. The molecule has 5 nitrogen and oxygen atoms in total. The first kappa shape index (κ1) is 24.6. The topological polar surface area (TPSA) is 57.6 Å². The quantitative estimate of drug-likeness (QED) is 0.209. The second-order valence-electron chi connectivity index (χ2n) is 9.57. The average molecular weight is 544 g/mol. The van der Waals surface area contributed by atoms with Gasteiger partial charge >= 0.3 is 8.24 Å². The fourth-order valence-electron chi connectivity index (χ4n) is 5.37. The van der Waals surface area contributed by atoms with Crippen LogP contribution in [0, 0.1) is 0 Å². The molecule has 0 saturated heterocycles. The summed E-state index contributed by atoms with van der Waals surface area (Å²) in [5.41, 5.74) is 3.14. The minimum absolute atomic E-state index is 0.429. The van der Waals surface area contributed by atoms with Gasteiger partial charge in [-0.25, -0.2) is 0 Å². The van der Waals surface area contributed by atoms with E-state index in [0.717, 1.165) is 43.6 Å². The van der Waals surface area contributed by atoms with Crippen LogP contribution in [0.3, 0.4) is 0 Å². The first-order chi connectivity index (χ1) is 19.8. The number of fused-ring (bicyclic) bond motifs is 7. The van der Waals surface area contributed by atoms with Gasteiger partial charge in [0.05, 0.1) is 5.69 Å². The third kappa shape index (κ3) is 4.44. The highest BCUT2D eigenvalue weighted by molar-refractivity contribution is 7.31. The van der Waals surface area contributed by atoms with Crippen LogP contribution in [-0.4, -0.2) is 12.1 Å². The fourth-order valence-corrected chi connectivity index (χ4v) is 6.52. The summed E-state index contributed by atoms with van der Waals surface area (Å²) in [5, 5.41) is 6.45. The Bertz CT molecular complexity index is 1890. The van der Waals surface area contributed by atoms with Crippen LogP contribution >= 0.6 is 8.24 Å². The monoisotopic (exact) mass is 543 g/mol. The zero-order chi connectivity index (χ0) is 26.9. The van der Waals surface area contributed by atoms with Gasteiger partial charge < -0.3 is 13.1 Å². The molecule has 0 unspecified atom stereocenters. The Morgan fingerprint density at radius 1 is 0.600 bits per heavy atom. The number of aromatic nitrogens is 1. The minimum atomic E-state index is -1.89. The van der Waals surface area contributed by atoms with E-state index in [9.17, 15) is 0 Å². The van der Waals surface area contributed by atoms with Crippen molar-refractivity contribution in [1.82, 2.24) is 4.98 Å². The molecule has 0 fully saturated rings. The van der Waals surface area contributed by atoms with Crippen LogP contribution in [0.4, 0.5) is 0 Å². The number of pyridine rings is 1. The molecule has 0 amide bonds. The van der Waals surface area contributed by atoms with Crippen LogP contribution in [-0.2, 0) is 4.74 Å². The largest absolute Gasteiger partial charge is 0.399 e. The maximum absolute atomic E-state index is 6.74. The molecule has 0 bridgehead atoms. The second kappa shape index (κ2) is 10.6. The van der Waals surface area contributed by atoms with Gasteiger partial charge in [0.25, 0.3) is 0 Å². The van der Waals surface area contributed by atoms with Crippen molar-refractivity contribution in [2.24, 2.45) is 0 Å². The molecule has 2 heterocycles. The molecule has 0 N–H and O–H groups in total. The van der Waals surface area contributed by atoms with E-state index in [1.165, 1.54) is 0 Å². The Balaban J connectivity index is 1.51. The molecule has 2 aromatic heterocycles. The SMILES string of the molecule is CO[C@@H](c1ccccc1)[C@H](Op1oc2ccc3ccccc3c2c2c(ccc3ccccc32)o1)c1ccccn1. The Morgan fingerprint density at radius 3 is 1.75 bits per heavy atom. The standard InChI is InChI=1S/C34H26NO4P/c1-36-33(25-13-3-2-4-14-25)34(28-17-9-10-22-35-28)39-40-37-29-20-18-23-11-5-7-15-26(23)31(29)32-27-16-8-6-12-24(27)19-21-30(32)38-40/h2-22,33-34H,1H3/t33-,34+/m0/s1. The van der Waals surface area contributed by atoms with Crippen molar-refractivity contribution in [1.29, 1.82) is 0 Å². The van der Waals surface area contributed by atoms with Crippen LogP contribution in [0.2, 0.25) is 0 Å². The van der Waals surface area contributed by atoms with E-state index >= 15 is 0 Å². The van der Waals surface area contributed by atoms with Crippen LogP contribution in [0.25, 0.3) is 43.5 Å². The predicted octanol–water partition coefficient (Wildman–Crippen LogP) is 9.55. The molecular weight excluding hydrogens is 517 g/mol. The Kier molecular flexibility index (Phi) is 6.54. The number of rotatable bonds is 6. The molecule has 2 atom stereocenters. The molecular formula is C34H26NO4P. The van der Waals surface area contributed by atoms with Crippen molar-refractivity contribution >= 4 is 51.7 Å². The molecule has 196 valence electrons. The van der Waals surface area contributed by atoms with E-state index in [1.807, 2.05) is 60.7 Å². The number of hydrogen-bond donors (Lipinski definition) is 0. The van der Waals surface area contributed by atoms with E-state index in [2.05, 4.69) is 65.6 Å².